The Bertz CT molecular complexity index is 150. The molecule has 0 rings (SSSR count). The van der Waals surface area contributed by atoms with Crippen molar-refractivity contribution in [3.05, 3.63) is 0 Å². The number of hydrogen-bond donors (Lipinski definition) is 3. The summed E-state index contributed by atoms with van der Waals surface area (Å²) in [5, 5.41) is 9.28. The number of aliphatic hydroxyl groups is 1. The van der Waals surface area contributed by atoms with Gasteiger partial charge in [0.1, 0.15) is 5.60 Å². The highest BCUT2D eigenvalue weighted by atomic mass is 28.3. The fraction of sp³-hybridized carbons (Fsp3) is 1.00. The third-order valence-corrected chi connectivity index (χ3v) is 2.24. The minimum atomic E-state index is -2.96. The Morgan fingerprint density at radius 1 is 1.58 bits per heavy atom. The minimum Gasteiger partial charge on any atom is -0.511 e. The number of hydrogen-bond acceptors (Lipinski definition) is 4. The summed E-state index contributed by atoms with van der Waals surface area (Å²) in [6.07, 6.45) is -0.203. The van der Waals surface area contributed by atoms with Gasteiger partial charge in [0.25, 0.3) is 0 Å². The lowest BCUT2D eigenvalue weighted by Gasteiger charge is -2.28. The van der Waals surface area contributed by atoms with Crippen LogP contribution in [-0.4, -0.2) is 30.8 Å². The summed E-state index contributed by atoms with van der Waals surface area (Å²) in [5.41, 5.74) is -0.931. The van der Waals surface area contributed by atoms with Gasteiger partial charge in [0, 0.05) is 0 Å². The Morgan fingerprint density at radius 3 is 2.25 bits per heavy atom. The van der Waals surface area contributed by atoms with Gasteiger partial charge in [-0.05, 0) is 20.3 Å². The van der Waals surface area contributed by atoms with Gasteiger partial charge in [-0.15, -0.1) is 0 Å². The Labute approximate surface area is 73.9 Å². The highest BCUT2D eigenvalue weighted by Crippen LogP contribution is 2.16. The van der Waals surface area contributed by atoms with Crippen LogP contribution in [0.2, 0.25) is 0 Å². The SMILES string of the molecule is CCC(O)C(C)(C)O[Si](=O)O.N. The summed E-state index contributed by atoms with van der Waals surface area (Å²) >= 11 is 0. The molecule has 0 aromatic carbocycles. The third-order valence-electron chi connectivity index (χ3n) is 1.54. The Morgan fingerprint density at radius 2 is 2.00 bits per heavy atom. The zero-order valence-electron chi connectivity index (χ0n) is 7.70. The second-order valence-electron chi connectivity index (χ2n) is 2.90. The lowest BCUT2D eigenvalue weighted by atomic mass is 10.0. The van der Waals surface area contributed by atoms with Crippen LogP contribution in [0.5, 0.6) is 0 Å². The number of aliphatic hydroxyl groups excluding tert-OH is 1. The van der Waals surface area contributed by atoms with Crippen molar-refractivity contribution in [3.8, 4) is 0 Å². The largest absolute Gasteiger partial charge is 0.765 e. The van der Waals surface area contributed by atoms with E-state index in [-0.39, 0.29) is 6.15 Å². The second kappa shape index (κ2) is 5.23. The van der Waals surface area contributed by atoms with Crippen LogP contribution in [-0.2, 0) is 8.89 Å². The van der Waals surface area contributed by atoms with Gasteiger partial charge in [-0.3, -0.25) is 4.46 Å². The highest BCUT2D eigenvalue weighted by molar-refractivity contribution is 6.24. The summed E-state index contributed by atoms with van der Waals surface area (Å²) in [5.74, 6) is 0. The van der Waals surface area contributed by atoms with E-state index in [0.29, 0.717) is 6.42 Å². The lowest BCUT2D eigenvalue weighted by Crippen LogP contribution is -2.41. The maximum Gasteiger partial charge on any atom is 0.765 e. The van der Waals surface area contributed by atoms with Crippen LogP contribution in [0.4, 0.5) is 0 Å². The summed E-state index contributed by atoms with van der Waals surface area (Å²) in [7, 11) is -2.96. The molecule has 1 unspecified atom stereocenters. The maximum atomic E-state index is 10.3. The summed E-state index contributed by atoms with van der Waals surface area (Å²) in [6.45, 7) is 4.95. The fourth-order valence-electron chi connectivity index (χ4n) is 0.785. The molecule has 0 aliphatic heterocycles. The first-order valence-corrected chi connectivity index (χ1v) is 4.76. The van der Waals surface area contributed by atoms with Crippen LogP contribution in [0.3, 0.4) is 0 Å². The van der Waals surface area contributed by atoms with Crippen LogP contribution in [0, 0.1) is 0 Å². The van der Waals surface area contributed by atoms with E-state index in [1.165, 1.54) is 0 Å². The first-order chi connectivity index (χ1) is 4.90. The van der Waals surface area contributed by atoms with Gasteiger partial charge in [-0.1, -0.05) is 6.92 Å². The van der Waals surface area contributed by atoms with Gasteiger partial charge in [0.05, 0.1) is 6.10 Å². The van der Waals surface area contributed by atoms with Crippen LogP contribution < -0.4 is 6.15 Å². The zero-order valence-corrected chi connectivity index (χ0v) is 8.70. The van der Waals surface area contributed by atoms with Crippen molar-refractivity contribution in [1.29, 1.82) is 0 Å². The van der Waals surface area contributed by atoms with E-state index in [0.717, 1.165) is 0 Å². The van der Waals surface area contributed by atoms with Crippen molar-refractivity contribution in [2.24, 2.45) is 0 Å². The van der Waals surface area contributed by atoms with Crippen molar-refractivity contribution in [3.63, 3.8) is 0 Å². The molecule has 5 nitrogen and oxygen atoms in total. The van der Waals surface area contributed by atoms with Gasteiger partial charge in [0.15, 0.2) is 0 Å². The normalized spacial score (nSPS) is 13.0. The van der Waals surface area contributed by atoms with Gasteiger partial charge in [0.2, 0.25) is 0 Å². The molecule has 0 heterocycles. The average Bonchev–Trinajstić information content (AvgIpc) is 1.83. The molecule has 5 N–H and O–H groups in total. The van der Waals surface area contributed by atoms with E-state index in [9.17, 15) is 9.57 Å². The van der Waals surface area contributed by atoms with Crippen molar-refractivity contribution >= 4 is 9.17 Å². The van der Waals surface area contributed by atoms with Gasteiger partial charge in [-0.25, -0.2) is 0 Å². The van der Waals surface area contributed by atoms with E-state index in [1.54, 1.807) is 20.8 Å². The Hall–Kier alpha value is -0.463. The van der Waals surface area contributed by atoms with Crippen molar-refractivity contribution in [2.45, 2.75) is 38.9 Å². The number of rotatable bonds is 4. The van der Waals surface area contributed by atoms with Crippen molar-refractivity contribution < 1.29 is 18.8 Å². The standard InChI is InChI=1S/C6H14O4Si.H3N/c1-4-5(7)6(2,3)10-11(8)9;/h5,7-8H,4H2,1-3H3;1H3. The molecule has 0 bridgehead atoms. The summed E-state index contributed by atoms with van der Waals surface area (Å²) in [4.78, 5) is 8.45. The maximum absolute atomic E-state index is 10.3. The van der Waals surface area contributed by atoms with Crippen LogP contribution in [0.15, 0.2) is 0 Å². The Kier molecular flexibility index (Phi) is 6.14. The molecule has 0 fully saturated rings. The molecule has 0 spiro atoms. The molecule has 1 atom stereocenters. The monoisotopic (exact) mass is 195 g/mol. The predicted octanol–water partition coefficient (Wildman–Crippen LogP) is 0.122. The molecule has 0 saturated heterocycles. The molecule has 0 amide bonds. The van der Waals surface area contributed by atoms with Gasteiger partial charge in [-0.2, -0.15) is 0 Å². The molecule has 74 valence electrons. The molecule has 0 saturated carbocycles. The van der Waals surface area contributed by atoms with Crippen LogP contribution >= 0.6 is 0 Å². The van der Waals surface area contributed by atoms with E-state index in [2.05, 4.69) is 4.43 Å². The smallest absolute Gasteiger partial charge is 0.511 e. The lowest BCUT2D eigenvalue weighted by molar-refractivity contribution is -0.0459. The summed E-state index contributed by atoms with van der Waals surface area (Å²) < 4.78 is 14.9. The average molecular weight is 195 g/mol. The molecule has 0 aromatic rings. The molecular formula is C6H17NO4Si. The first kappa shape index (κ1) is 14.1. The third kappa shape index (κ3) is 4.42. The quantitative estimate of drug-likeness (QED) is 0.553. The molecule has 6 heteroatoms. The van der Waals surface area contributed by atoms with E-state index < -0.39 is 20.9 Å². The predicted molar refractivity (Wildman–Crippen MR) is 45.1 cm³/mol. The Balaban J connectivity index is 0. The second-order valence-corrected chi connectivity index (χ2v) is 3.63. The van der Waals surface area contributed by atoms with Crippen LogP contribution in [0.25, 0.3) is 0 Å². The van der Waals surface area contributed by atoms with Crippen LogP contribution in [0.1, 0.15) is 27.2 Å². The van der Waals surface area contributed by atoms with Gasteiger partial charge >= 0.3 is 9.17 Å². The first-order valence-electron chi connectivity index (χ1n) is 3.50. The fourth-order valence-corrected chi connectivity index (χ4v) is 1.37. The van der Waals surface area contributed by atoms with E-state index in [4.69, 9.17) is 4.80 Å². The van der Waals surface area contributed by atoms with Crippen molar-refractivity contribution in [2.75, 3.05) is 0 Å². The van der Waals surface area contributed by atoms with E-state index >= 15 is 0 Å². The highest BCUT2D eigenvalue weighted by Gasteiger charge is 2.31. The molecule has 0 aliphatic rings. The topological polar surface area (TPSA) is 102 Å². The summed E-state index contributed by atoms with van der Waals surface area (Å²) in [6, 6.07) is 0. The molecule has 12 heavy (non-hydrogen) atoms. The molecule has 0 aromatic heterocycles. The molecule has 0 aliphatic carbocycles. The molecular weight excluding hydrogens is 178 g/mol. The zero-order chi connectivity index (χ0) is 9.07. The van der Waals surface area contributed by atoms with Gasteiger partial charge < -0.3 is 20.5 Å². The molecule has 0 radical (unpaired) electrons. The van der Waals surface area contributed by atoms with E-state index in [1.807, 2.05) is 0 Å². The van der Waals surface area contributed by atoms with Crippen molar-refractivity contribution in [1.82, 2.24) is 6.15 Å². The minimum absolute atomic E-state index is 0.